The fraction of sp³-hybridized carbons (Fsp3) is 0. The lowest BCUT2D eigenvalue weighted by Crippen LogP contribution is -1.96. The van der Waals surface area contributed by atoms with Gasteiger partial charge in [0.15, 0.2) is 0 Å². The summed E-state index contributed by atoms with van der Waals surface area (Å²) >= 11 is 5.60. The Balaban J connectivity index is 2.84. The van der Waals surface area contributed by atoms with Crippen LogP contribution in [0, 0.1) is 0 Å². The zero-order valence-corrected chi connectivity index (χ0v) is 7.06. The van der Waals surface area contributed by atoms with Crippen LogP contribution < -0.4 is 0 Å². The Hall–Kier alpha value is -1.62. The highest BCUT2D eigenvalue weighted by atomic mass is 35.5. The van der Waals surface area contributed by atoms with Gasteiger partial charge in [0.1, 0.15) is 11.0 Å². The number of carboxylic acids is 1. The maximum absolute atomic E-state index is 10.7. The normalized spacial score (nSPS) is 10.5. The lowest BCUT2D eigenvalue weighted by Gasteiger charge is -1.93. The quantitative estimate of drug-likeness (QED) is 0.744. The van der Waals surface area contributed by atoms with Gasteiger partial charge in [0, 0.05) is 11.8 Å². The molecule has 0 bridgehead atoms. The Kier molecular flexibility index (Phi) is 1.66. The molecule has 0 aliphatic rings. The largest absolute Gasteiger partial charge is 0.478 e. The maximum atomic E-state index is 10.7. The Morgan fingerprint density at radius 2 is 2.31 bits per heavy atom. The molecule has 1 N–H and O–H groups in total. The molecule has 0 fully saturated rings. The van der Waals surface area contributed by atoms with Gasteiger partial charge < -0.3 is 5.11 Å². The van der Waals surface area contributed by atoms with Crippen LogP contribution in [0.5, 0.6) is 0 Å². The molecular formula is C7H4ClN3O2. The first kappa shape index (κ1) is 8.00. The van der Waals surface area contributed by atoms with Crippen LogP contribution in [0.3, 0.4) is 0 Å². The molecule has 0 spiro atoms. The Labute approximate surface area is 77.6 Å². The second kappa shape index (κ2) is 2.70. The predicted molar refractivity (Wildman–Crippen MR) is 45.7 cm³/mol. The smallest absolute Gasteiger partial charge is 0.338 e. The first-order valence-electron chi connectivity index (χ1n) is 3.44. The molecule has 6 heteroatoms. The number of carbonyl (C=O) groups is 1. The maximum Gasteiger partial charge on any atom is 0.338 e. The molecule has 0 aliphatic carbocycles. The topological polar surface area (TPSA) is 68.0 Å². The first-order valence-corrected chi connectivity index (χ1v) is 3.78. The number of fused-ring (bicyclic) bond motifs is 1. The van der Waals surface area contributed by atoms with Gasteiger partial charge in [0.05, 0.1) is 5.56 Å². The molecule has 5 nitrogen and oxygen atoms in total. The number of rotatable bonds is 1. The summed E-state index contributed by atoms with van der Waals surface area (Å²) in [5, 5.41) is 15.9. The van der Waals surface area contributed by atoms with Crippen LogP contribution in [0.1, 0.15) is 10.4 Å². The van der Waals surface area contributed by atoms with Gasteiger partial charge in [0.2, 0.25) is 0 Å². The van der Waals surface area contributed by atoms with E-state index in [0.29, 0.717) is 11.0 Å². The predicted octanol–water partition coefficient (Wildman–Crippen LogP) is 1.13. The van der Waals surface area contributed by atoms with Crippen LogP contribution in [-0.2, 0) is 0 Å². The van der Waals surface area contributed by atoms with Crippen molar-refractivity contribution in [2.75, 3.05) is 0 Å². The van der Waals surface area contributed by atoms with E-state index < -0.39 is 5.97 Å². The third-order valence-corrected chi connectivity index (χ3v) is 1.92. The molecule has 1 aromatic heterocycles. The van der Waals surface area contributed by atoms with Crippen molar-refractivity contribution in [2.24, 2.45) is 0 Å². The monoisotopic (exact) mass is 197 g/mol. The van der Waals surface area contributed by atoms with Crippen molar-refractivity contribution in [1.82, 2.24) is 14.5 Å². The molecule has 0 aliphatic heterocycles. The summed E-state index contributed by atoms with van der Waals surface area (Å²) in [7, 11) is 0. The number of aromatic nitrogens is 3. The average molecular weight is 198 g/mol. The third kappa shape index (κ3) is 1.13. The van der Waals surface area contributed by atoms with Gasteiger partial charge in [-0.3, -0.25) is 0 Å². The fourth-order valence-electron chi connectivity index (χ4n) is 1.09. The molecule has 0 amide bonds. The third-order valence-electron chi connectivity index (χ3n) is 1.67. The van der Waals surface area contributed by atoms with E-state index >= 15 is 0 Å². The number of benzene rings is 1. The molecule has 13 heavy (non-hydrogen) atoms. The summed E-state index contributed by atoms with van der Waals surface area (Å²) in [6, 6.07) is 4.69. The van der Waals surface area contributed by atoms with E-state index in [1.165, 1.54) is 6.07 Å². The van der Waals surface area contributed by atoms with Gasteiger partial charge in [-0.1, -0.05) is 6.07 Å². The average Bonchev–Trinajstić information content (AvgIpc) is 2.48. The molecule has 1 heterocycles. The highest BCUT2D eigenvalue weighted by Crippen LogP contribution is 2.16. The number of aromatic carboxylic acids is 1. The molecule has 0 atom stereocenters. The van der Waals surface area contributed by atoms with Gasteiger partial charge in [-0.05, 0) is 17.3 Å². The van der Waals surface area contributed by atoms with Crippen LogP contribution in [0.25, 0.3) is 11.0 Å². The molecule has 2 rings (SSSR count). The zero-order valence-electron chi connectivity index (χ0n) is 6.31. The molecule has 1 aromatic carbocycles. The van der Waals surface area contributed by atoms with Crippen molar-refractivity contribution >= 4 is 28.8 Å². The highest BCUT2D eigenvalue weighted by Gasteiger charge is 2.12. The van der Waals surface area contributed by atoms with Gasteiger partial charge in [-0.25, -0.2) is 4.79 Å². The van der Waals surface area contributed by atoms with E-state index in [9.17, 15) is 4.79 Å². The molecule has 2 aromatic rings. The molecule has 0 radical (unpaired) electrons. The number of hydrogen-bond donors (Lipinski definition) is 1. The highest BCUT2D eigenvalue weighted by molar-refractivity contribution is 6.18. The summed E-state index contributed by atoms with van der Waals surface area (Å²) in [5.74, 6) is -1.04. The summed E-state index contributed by atoms with van der Waals surface area (Å²) in [4.78, 5) is 10.7. The lowest BCUT2D eigenvalue weighted by atomic mass is 10.2. The van der Waals surface area contributed by atoms with Crippen LogP contribution in [-0.4, -0.2) is 25.6 Å². The van der Waals surface area contributed by atoms with Crippen molar-refractivity contribution in [3.63, 3.8) is 0 Å². The number of hydrogen-bond acceptors (Lipinski definition) is 3. The second-order valence-corrected chi connectivity index (χ2v) is 2.75. The molecule has 0 saturated carbocycles. The van der Waals surface area contributed by atoms with E-state index in [1.54, 1.807) is 12.1 Å². The van der Waals surface area contributed by atoms with Crippen LogP contribution in [0.2, 0.25) is 0 Å². The van der Waals surface area contributed by atoms with Crippen molar-refractivity contribution < 1.29 is 9.90 Å². The van der Waals surface area contributed by atoms with E-state index in [0.717, 1.165) is 4.20 Å². The minimum Gasteiger partial charge on any atom is -0.478 e. The van der Waals surface area contributed by atoms with Crippen molar-refractivity contribution in [1.29, 1.82) is 0 Å². The summed E-state index contributed by atoms with van der Waals surface area (Å²) in [6.07, 6.45) is 0. The van der Waals surface area contributed by atoms with Crippen molar-refractivity contribution in [3.05, 3.63) is 23.8 Å². The number of halogens is 1. The fourth-order valence-corrected chi connectivity index (χ4v) is 1.26. The minimum absolute atomic E-state index is 0.101. The minimum atomic E-state index is -1.04. The Bertz CT molecular complexity index is 480. The second-order valence-electron chi connectivity index (χ2n) is 2.43. The van der Waals surface area contributed by atoms with Gasteiger partial charge in [-0.2, -0.15) is 4.20 Å². The van der Waals surface area contributed by atoms with Crippen LogP contribution in [0.4, 0.5) is 0 Å². The standard InChI is InChI=1S/C7H4ClN3O2/c8-11-5-3-1-2-4(7(12)13)6(5)9-10-11/h1-3H,(H,12,13). The summed E-state index contributed by atoms with van der Waals surface area (Å²) in [6.45, 7) is 0. The first-order chi connectivity index (χ1) is 6.20. The number of nitrogens with zero attached hydrogens (tertiary/aromatic N) is 3. The summed E-state index contributed by atoms with van der Waals surface area (Å²) < 4.78 is 1.02. The van der Waals surface area contributed by atoms with Crippen molar-refractivity contribution in [3.8, 4) is 0 Å². The molecule has 0 unspecified atom stereocenters. The number of carboxylic acid groups (broad SMARTS) is 1. The van der Waals surface area contributed by atoms with Gasteiger partial charge in [0.25, 0.3) is 0 Å². The van der Waals surface area contributed by atoms with Crippen LogP contribution in [0.15, 0.2) is 18.2 Å². The van der Waals surface area contributed by atoms with Crippen molar-refractivity contribution in [2.45, 2.75) is 0 Å². The van der Waals surface area contributed by atoms with Gasteiger partial charge >= 0.3 is 5.97 Å². The molecule has 66 valence electrons. The van der Waals surface area contributed by atoms with Gasteiger partial charge in [-0.15, -0.1) is 5.10 Å². The van der Waals surface area contributed by atoms with E-state index in [-0.39, 0.29) is 5.56 Å². The lowest BCUT2D eigenvalue weighted by molar-refractivity contribution is 0.0699. The van der Waals surface area contributed by atoms with E-state index in [1.807, 2.05) is 0 Å². The SMILES string of the molecule is O=C(O)c1cccc2c1nnn2Cl. The Morgan fingerprint density at radius 1 is 1.54 bits per heavy atom. The van der Waals surface area contributed by atoms with E-state index in [2.05, 4.69) is 10.3 Å². The Morgan fingerprint density at radius 3 is 3.00 bits per heavy atom. The zero-order chi connectivity index (χ0) is 9.42. The summed E-state index contributed by atoms with van der Waals surface area (Å²) in [5.41, 5.74) is 0.885. The molecular weight excluding hydrogens is 194 g/mol. The molecule has 0 saturated heterocycles. The van der Waals surface area contributed by atoms with E-state index in [4.69, 9.17) is 16.9 Å². The van der Waals surface area contributed by atoms with Crippen LogP contribution >= 0.6 is 11.8 Å².